The minimum Gasteiger partial charge on any atom is -0.295 e. The average molecular weight is 363 g/mol. The Morgan fingerprint density at radius 2 is 1.65 bits per heavy atom. The van der Waals surface area contributed by atoms with E-state index < -0.39 is 11.8 Å². The van der Waals surface area contributed by atoms with Crippen LogP contribution in [-0.2, 0) is 0 Å². The van der Waals surface area contributed by atoms with Gasteiger partial charge in [-0.1, -0.05) is 41.9 Å². The van der Waals surface area contributed by atoms with E-state index in [2.05, 4.69) is 5.10 Å². The second-order valence-corrected chi connectivity index (χ2v) is 6.33. The molecule has 1 heterocycles. The van der Waals surface area contributed by atoms with Gasteiger partial charge in [0.25, 0.3) is 5.56 Å². The van der Waals surface area contributed by atoms with Crippen molar-refractivity contribution in [1.29, 1.82) is 10.5 Å². The predicted molar refractivity (Wildman–Crippen MR) is 99.1 cm³/mol. The van der Waals surface area contributed by atoms with Crippen molar-refractivity contribution >= 4 is 11.6 Å². The van der Waals surface area contributed by atoms with Crippen molar-refractivity contribution in [1.82, 2.24) is 9.78 Å². The van der Waals surface area contributed by atoms with E-state index in [0.717, 1.165) is 0 Å². The highest BCUT2D eigenvalue weighted by atomic mass is 35.5. The molecule has 0 saturated heterocycles. The van der Waals surface area contributed by atoms with E-state index in [9.17, 15) is 15.3 Å². The summed E-state index contributed by atoms with van der Waals surface area (Å²) in [4.78, 5) is 13.1. The number of aryl methyl sites for hydroxylation is 1. The topological polar surface area (TPSA) is 85.4 Å². The van der Waals surface area contributed by atoms with Crippen LogP contribution in [0, 0.1) is 35.5 Å². The Kier molecular flexibility index (Phi) is 4.93. The molecule has 0 aliphatic rings. The zero-order chi connectivity index (χ0) is 18.7. The molecular formula is C20H15ClN4O. The maximum atomic E-state index is 13.1. The number of rotatable bonds is 4. The van der Waals surface area contributed by atoms with Gasteiger partial charge in [-0.2, -0.15) is 10.5 Å². The highest BCUT2D eigenvalue weighted by molar-refractivity contribution is 6.30. The molecule has 1 atom stereocenters. The zero-order valence-electron chi connectivity index (χ0n) is 14.0. The van der Waals surface area contributed by atoms with Crippen LogP contribution in [0.25, 0.3) is 5.69 Å². The summed E-state index contributed by atoms with van der Waals surface area (Å²) in [6, 6.07) is 20.0. The Hall–Kier alpha value is -3.28. The number of nitrogens with one attached hydrogen (secondary N) is 1. The van der Waals surface area contributed by atoms with Crippen LogP contribution in [0.1, 0.15) is 22.7 Å². The number of nitriles is 2. The second kappa shape index (κ2) is 7.31. The Morgan fingerprint density at radius 1 is 1.04 bits per heavy atom. The van der Waals surface area contributed by atoms with E-state index in [1.165, 1.54) is 4.68 Å². The first-order chi connectivity index (χ1) is 12.6. The van der Waals surface area contributed by atoms with E-state index >= 15 is 0 Å². The lowest BCUT2D eigenvalue weighted by atomic mass is 9.82. The molecule has 0 aliphatic carbocycles. The lowest BCUT2D eigenvalue weighted by Crippen LogP contribution is -2.23. The number of hydrogen-bond donors (Lipinski definition) is 1. The summed E-state index contributed by atoms with van der Waals surface area (Å²) in [5, 5.41) is 22.5. The number of H-pyrrole nitrogens is 1. The molecule has 0 bridgehead atoms. The fraction of sp³-hybridized carbons (Fsp3) is 0.150. The van der Waals surface area contributed by atoms with Crippen LogP contribution in [0.3, 0.4) is 0 Å². The number of para-hydroxylation sites is 1. The Labute approximate surface area is 155 Å². The first-order valence-electron chi connectivity index (χ1n) is 7.98. The van der Waals surface area contributed by atoms with Gasteiger partial charge >= 0.3 is 0 Å². The molecule has 0 spiro atoms. The minimum atomic E-state index is -0.998. The molecule has 0 radical (unpaired) electrons. The van der Waals surface area contributed by atoms with Crippen LogP contribution in [0.4, 0.5) is 0 Å². The smallest absolute Gasteiger partial charge is 0.275 e. The normalized spacial score (nSPS) is 11.7. The maximum Gasteiger partial charge on any atom is 0.275 e. The van der Waals surface area contributed by atoms with Gasteiger partial charge in [0, 0.05) is 22.2 Å². The van der Waals surface area contributed by atoms with Crippen molar-refractivity contribution in [2.45, 2.75) is 12.8 Å². The Bertz CT molecular complexity index is 1040. The van der Waals surface area contributed by atoms with Gasteiger partial charge in [0.15, 0.2) is 0 Å². The number of hydrogen-bond acceptors (Lipinski definition) is 3. The minimum absolute atomic E-state index is 0.274. The summed E-state index contributed by atoms with van der Waals surface area (Å²) in [6.07, 6.45) is 0. The molecule has 5 nitrogen and oxygen atoms in total. The molecule has 128 valence electrons. The van der Waals surface area contributed by atoms with Gasteiger partial charge in [0.05, 0.1) is 17.8 Å². The molecule has 1 unspecified atom stereocenters. The summed E-state index contributed by atoms with van der Waals surface area (Å²) in [7, 11) is 0. The first-order valence-corrected chi connectivity index (χ1v) is 8.36. The molecular weight excluding hydrogens is 348 g/mol. The fourth-order valence-electron chi connectivity index (χ4n) is 3.06. The highest BCUT2D eigenvalue weighted by Crippen LogP contribution is 2.32. The third-order valence-corrected chi connectivity index (χ3v) is 4.54. The van der Waals surface area contributed by atoms with Gasteiger partial charge in [0.1, 0.15) is 5.92 Å². The van der Waals surface area contributed by atoms with Gasteiger partial charge in [-0.05, 0) is 36.8 Å². The number of nitrogens with zero attached hydrogens (tertiary/aromatic N) is 3. The van der Waals surface area contributed by atoms with Crippen LogP contribution in [0.2, 0.25) is 5.02 Å². The van der Waals surface area contributed by atoms with Crippen molar-refractivity contribution in [3.05, 3.63) is 86.8 Å². The molecule has 0 amide bonds. The standard InChI is InChI=1S/C20H15ClN4O/c1-13-18(20(26)25(24-13)17-5-3-2-4-6-17)19(15(11-22)12-23)14-7-9-16(21)10-8-14/h2-10,15,19,24H,1H3. The van der Waals surface area contributed by atoms with Gasteiger partial charge in [-0.15, -0.1) is 0 Å². The predicted octanol–water partition coefficient (Wildman–Crippen LogP) is 3.92. The van der Waals surface area contributed by atoms with Crippen LogP contribution in [0.5, 0.6) is 0 Å². The second-order valence-electron chi connectivity index (χ2n) is 5.89. The van der Waals surface area contributed by atoms with Gasteiger partial charge in [0.2, 0.25) is 0 Å². The number of aromatic amines is 1. The van der Waals surface area contributed by atoms with E-state index in [-0.39, 0.29) is 5.56 Å². The molecule has 3 rings (SSSR count). The van der Waals surface area contributed by atoms with Crippen molar-refractivity contribution < 1.29 is 0 Å². The number of benzene rings is 2. The highest BCUT2D eigenvalue weighted by Gasteiger charge is 2.31. The van der Waals surface area contributed by atoms with E-state index in [1.807, 2.05) is 42.5 Å². The summed E-state index contributed by atoms with van der Waals surface area (Å²) in [5.74, 6) is -1.67. The number of halogens is 1. The SMILES string of the molecule is Cc1[nH]n(-c2ccccc2)c(=O)c1C(c1ccc(Cl)cc1)C(C#N)C#N. The van der Waals surface area contributed by atoms with E-state index in [0.29, 0.717) is 27.5 Å². The van der Waals surface area contributed by atoms with Crippen LogP contribution >= 0.6 is 11.6 Å². The average Bonchev–Trinajstić information content (AvgIpc) is 2.96. The molecule has 2 aromatic carbocycles. The molecule has 3 aromatic rings. The Morgan fingerprint density at radius 3 is 2.23 bits per heavy atom. The van der Waals surface area contributed by atoms with Crippen LogP contribution in [0.15, 0.2) is 59.4 Å². The summed E-state index contributed by atoms with van der Waals surface area (Å²) in [6.45, 7) is 1.77. The molecule has 0 saturated carbocycles. The molecule has 0 aliphatic heterocycles. The number of aromatic nitrogens is 2. The summed E-state index contributed by atoms with van der Waals surface area (Å²) < 4.78 is 1.43. The third kappa shape index (κ3) is 3.13. The molecule has 0 fully saturated rings. The molecule has 26 heavy (non-hydrogen) atoms. The third-order valence-electron chi connectivity index (χ3n) is 4.28. The summed E-state index contributed by atoms with van der Waals surface area (Å²) >= 11 is 5.95. The molecule has 1 aromatic heterocycles. The van der Waals surface area contributed by atoms with E-state index in [4.69, 9.17) is 11.6 Å². The molecule has 6 heteroatoms. The zero-order valence-corrected chi connectivity index (χ0v) is 14.7. The van der Waals surface area contributed by atoms with Crippen LogP contribution < -0.4 is 5.56 Å². The van der Waals surface area contributed by atoms with E-state index in [1.54, 1.807) is 31.2 Å². The molecule has 1 N–H and O–H groups in total. The largest absolute Gasteiger partial charge is 0.295 e. The van der Waals surface area contributed by atoms with Crippen LogP contribution in [-0.4, -0.2) is 9.78 Å². The quantitative estimate of drug-likeness (QED) is 0.763. The lowest BCUT2D eigenvalue weighted by molar-refractivity contribution is 0.699. The van der Waals surface area contributed by atoms with Gasteiger partial charge < -0.3 is 0 Å². The Balaban J connectivity index is 2.21. The fourth-order valence-corrected chi connectivity index (χ4v) is 3.18. The summed E-state index contributed by atoms with van der Waals surface area (Å²) in [5.41, 5.74) is 2.14. The first kappa shape index (κ1) is 17.5. The van der Waals surface area contributed by atoms with Crippen molar-refractivity contribution in [3.63, 3.8) is 0 Å². The van der Waals surface area contributed by atoms with Gasteiger partial charge in [-0.3, -0.25) is 9.89 Å². The van der Waals surface area contributed by atoms with Crippen molar-refractivity contribution in [3.8, 4) is 17.8 Å². The maximum absolute atomic E-state index is 13.1. The monoisotopic (exact) mass is 362 g/mol. The van der Waals surface area contributed by atoms with Gasteiger partial charge in [-0.25, -0.2) is 4.68 Å². The van der Waals surface area contributed by atoms with Crippen molar-refractivity contribution in [2.24, 2.45) is 5.92 Å². The lowest BCUT2D eigenvalue weighted by Gasteiger charge is -2.17. The van der Waals surface area contributed by atoms with Crippen molar-refractivity contribution in [2.75, 3.05) is 0 Å².